The first kappa shape index (κ1) is 19.9. The number of pyridine rings is 1. The SMILES string of the molecule is Cc1ccc(-c2ncccn2)c(C(=O)N2C3CC3CC[C@H]2COc2ccc(Cl)cn2)c1. The third kappa shape index (κ3) is 4.12. The molecule has 2 aliphatic rings. The molecular formula is C24H23ClN4O2. The van der Waals surface area contributed by atoms with Crippen molar-refractivity contribution in [2.24, 2.45) is 5.92 Å². The maximum atomic E-state index is 13.8. The summed E-state index contributed by atoms with van der Waals surface area (Å²) in [4.78, 5) is 28.8. The maximum Gasteiger partial charge on any atom is 0.255 e. The minimum absolute atomic E-state index is 0.00113. The molecule has 0 radical (unpaired) electrons. The lowest BCUT2D eigenvalue weighted by Crippen LogP contribution is -2.48. The van der Waals surface area contributed by atoms with Crippen LogP contribution in [0.3, 0.4) is 0 Å². The Morgan fingerprint density at radius 1 is 1.16 bits per heavy atom. The number of amides is 1. The number of nitrogens with zero attached hydrogens (tertiary/aromatic N) is 4. The number of carbonyl (C=O) groups is 1. The monoisotopic (exact) mass is 434 g/mol. The summed E-state index contributed by atoms with van der Waals surface area (Å²) in [6.45, 7) is 2.40. The largest absolute Gasteiger partial charge is 0.475 e. The molecule has 6 nitrogen and oxygen atoms in total. The summed E-state index contributed by atoms with van der Waals surface area (Å²) in [6, 6.07) is 11.4. The average Bonchev–Trinajstić information content (AvgIpc) is 3.58. The third-order valence-corrected chi connectivity index (χ3v) is 6.30. The molecule has 3 heterocycles. The fourth-order valence-electron chi connectivity index (χ4n) is 4.42. The van der Waals surface area contributed by atoms with Crippen molar-refractivity contribution in [2.75, 3.05) is 6.61 Å². The lowest BCUT2D eigenvalue weighted by Gasteiger charge is -2.36. The van der Waals surface area contributed by atoms with Gasteiger partial charge in [-0.05, 0) is 50.3 Å². The number of hydrogen-bond donors (Lipinski definition) is 0. The first-order valence-electron chi connectivity index (χ1n) is 10.5. The van der Waals surface area contributed by atoms with E-state index in [1.54, 1.807) is 36.8 Å². The molecule has 2 fully saturated rings. The van der Waals surface area contributed by atoms with Crippen LogP contribution in [0.5, 0.6) is 5.88 Å². The number of rotatable bonds is 5. The molecule has 1 amide bonds. The molecular weight excluding hydrogens is 412 g/mol. The van der Waals surface area contributed by atoms with Gasteiger partial charge in [-0.2, -0.15) is 0 Å². The Morgan fingerprint density at radius 3 is 2.77 bits per heavy atom. The zero-order valence-electron chi connectivity index (χ0n) is 17.2. The maximum absolute atomic E-state index is 13.8. The van der Waals surface area contributed by atoms with E-state index in [1.165, 1.54) is 0 Å². The van der Waals surface area contributed by atoms with Gasteiger partial charge in [-0.15, -0.1) is 0 Å². The van der Waals surface area contributed by atoms with Gasteiger partial charge >= 0.3 is 0 Å². The molecule has 1 saturated carbocycles. The Kier molecular flexibility index (Phi) is 5.32. The van der Waals surface area contributed by atoms with Crippen LogP contribution in [0.4, 0.5) is 0 Å². The Bertz CT molecular complexity index is 1090. The van der Waals surface area contributed by atoms with E-state index in [0.717, 1.165) is 30.4 Å². The van der Waals surface area contributed by atoms with Gasteiger partial charge in [-0.25, -0.2) is 15.0 Å². The summed E-state index contributed by atoms with van der Waals surface area (Å²) in [5.41, 5.74) is 2.44. The van der Waals surface area contributed by atoms with E-state index in [9.17, 15) is 4.79 Å². The average molecular weight is 435 g/mol. The normalized spacial score (nSPS) is 22.0. The van der Waals surface area contributed by atoms with Crippen LogP contribution in [-0.2, 0) is 0 Å². The Labute approximate surface area is 186 Å². The molecule has 1 aliphatic heterocycles. The highest BCUT2D eigenvalue weighted by atomic mass is 35.5. The fourth-order valence-corrected chi connectivity index (χ4v) is 4.53. The van der Waals surface area contributed by atoms with Crippen molar-refractivity contribution >= 4 is 17.5 Å². The Balaban J connectivity index is 1.43. The fraction of sp³-hybridized carbons (Fsp3) is 0.333. The van der Waals surface area contributed by atoms with Crippen molar-refractivity contribution in [1.82, 2.24) is 19.9 Å². The number of piperidine rings is 1. The van der Waals surface area contributed by atoms with E-state index in [0.29, 0.717) is 34.8 Å². The van der Waals surface area contributed by atoms with Crippen molar-refractivity contribution in [3.05, 3.63) is 71.1 Å². The number of hydrogen-bond acceptors (Lipinski definition) is 5. The molecule has 1 saturated heterocycles. The van der Waals surface area contributed by atoms with Gasteiger partial charge in [0.25, 0.3) is 5.91 Å². The number of ether oxygens (including phenoxy) is 1. The molecule has 2 unspecified atom stereocenters. The summed E-state index contributed by atoms with van der Waals surface area (Å²) in [5.74, 6) is 1.70. The second-order valence-corrected chi connectivity index (χ2v) is 8.69. The predicted molar refractivity (Wildman–Crippen MR) is 118 cm³/mol. The van der Waals surface area contributed by atoms with E-state index < -0.39 is 0 Å². The van der Waals surface area contributed by atoms with Crippen LogP contribution in [0.25, 0.3) is 11.4 Å². The van der Waals surface area contributed by atoms with Crippen LogP contribution in [0.2, 0.25) is 5.02 Å². The minimum Gasteiger partial charge on any atom is -0.475 e. The summed E-state index contributed by atoms with van der Waals surface area (Å²) in [7, 11) is 0. The topological polar surface area (TPSA) is 68.2 Å². The van der Waals surface area contributed by atoms with Gasteiger partial charge in [0.15, 0.2) is 5.82 Å². The highest BCUT2D eigenvalue weighted by Crippen LogP contribution is 2.46. The molecule has 5 rings (SSSR count). The zero-order valence-corrected chi connectivity index (χ0v) is 18.0. The first-order chi connectivity index (χ1) is 15.1. The number of benzene rings is 1. The van der Waals surface area contributed by atoms with E-state index in [1.807, 2.05) is 30.0 Å². The molecule has 1 aliphatic carbocycles. The van der Waals surface area contributed by atoms with Gasteiger partial charge in [-0.1, -0.05) is 29.3 Å². The Hall–Kier alpha value is -2.99. The van der Waals surface area contributed by atoms with Crippen LogP contribution in [0, 0.1) is 12.8 Å². The van der Waals surface area contributed by atoms with Crippen LogP contribution in [0.15, 0.2) is 55.0 Å². The van der Waals surface area contributed by atoms with Gasteiger partial charge in [0, 0.05) is 36.3 Å². The number of aryl methyl sites for hydroxylation is 1. The van der Waals surface area contributed by atoms with Gasteiger partial charge in [0.2, 0.25) is 5.88 Å². The van der Waals surface area contributed by atoms with Crippen molar-refractivity contribution in [3.63, 3.8) is 0 Å². The molecule has 31 heavy (non-hydrogen) atoms. The van der Waals surface area contributed by atoms with Crippen LogP contribution in [0.1, 0.15) is 35.2 Å². The molecule has 158 valence electrons. The van der Waals surface area contributed by atoms with Crippen LogP contribution in [-0.4, -0.2) is 44.4 Å². The van der Waals surface area contributed by atoms with E-state index in [4.69, 9.17) is 16.3 Å². The van der Waals surface area contributed by atoms with Crippen LogP contribution < -0.4 is 4.74 Å². The van der Waals surface area contributed by atoms with E-state index in [-0.39, 0.29) is 18.0 Å². The molecule has 7 heteroatoms. The number of carbonyl (C=O) groups excluding carboxylic acids is 1. The van der Waals surface area contributed by atoms with Gasteiger partial charge < -0.3 is 9.64 Å². The lowest BCUT2D eigenvalue weighted by atomic mass is 9.98. The van der Waals surface area contributed by atoms with Gasteiger partial charge in [0.1, 0.15) is 6.61 Å². The van der Waals surface area contributed by atoms with Crippen molar-refractivity contribution in [2.45, 2.75) is 38.3 Å². The van der Waals surface area contributed by atoms with Gasteiger partial charge in [0.05, 0.1) is 16.6 Å². The molecule has 3 atom stereocenters. The minimum atomic E-state index is -0.00113. The summed E-state index contributed by atoms with van der Waals surface area (Å²) in [5, 5.41) is 0.567. The Morgan fingerprint density at radius 2 is 2.00 bits per heavy atom. The molecule has 2 aromatic heterocycles. The summed E-state index contributed by atoms with van der Waals surface area (Å²) >= 11 is 5.91. The number of likely N-dealkylation sites (tertiary alicyclic amines) is 1. The molecule has 0 spiro atoms. The molecule has 3 aromatic rings. The number of halogens is 1. The first-order valence-corrected chi connectivity index (χ1v) is 10.9. The number of aromatic nitrogens is 3. The van der Waals surface area contributed by atoms with Crippen LogP contribution >= 0.6 is 11.6 Å². The third-order valence-electron chi connectivity index (χ3n) is 6.08. The molecule has 0 N–H and O–H groups in total. The van der Waals surface area contributed by atoms with Crippen molar-refractivity contribution in [3.8, 4) is 17.3 Å². The highest BCUT2D eigenvalue weighted by molar-refractivity contribution is 6.30. The molecule has 0 bridgehead atoms. The second-order valence-electron chi connectivity index (χ2n) is 8.25. The van der Waals surface area contributed by atoms with E-state index >= 15 is 0 Å². The zero-order chi connectivity index (χ0) is 21.4. The van der Waals surface area contributed by atoms with Crippen molar-refractivity contribution < 1.29 is 9.53 Å². The van der Waals surface area contributed by atoms with Gasteiger partial charge in [-0.3, -0.25) is 4.79 Å². The lowest BCUT2D eigenvalue weighted by molar-refractivity contribution is 0.0495. The van der Waals surface area contributed by atoms with Crippen molar-refractivity contribution in [1.29, 1.82) is 0 Å². The molecule has 1 aromatic carbocycles. The number of fused-ring (bicyclic) bond motifs is 1. The smallest absolute Gasteiger partial charge is 0.255 e. The predicted octanol–water partition coefficient (Wildman–Crippen LogP) is 4.57. The standard InChI is InChI=1S/C24H23ClN4O2/c1-15-3-7-19(23-26-9-2-10-27-23)20(11-15)24(30)29-18(6-4-16-12-21(16)29)14-31-22-8-5-17(25)13-28-22/h2-3,5,7-11,13,16,18,21H,4,6,12,14H2,1H3/t16?,18-,21?/m0/s1. The summed E-state index contributed by atoms with van der Waals surface area (Å²) in [6.07, 6.45) is 8.07. The highest BCUT2D eigenvalue weighted by Gasteiger charge is 2.50. The second kappa shape index (κ2) is 8.27. The van der Waals surface area contributed by atoms with E-state index in [2.05, 4.69) is 15.0 Å². The summed E-state index contributed by atoms with van der Waals surface area (Å²) < 4.78 is 5.93. The quantitative estimate of drug-likeness (QED) is 0.588.